The second kappa shape index (κ2) is 6.52. The van der Waals surface area contributed by atoms with Crippen LogP contribution < -0.4 is 16.0 Å². The van der Waals surface area contributed by atoms with Crippen LogP contribution in [-0.4, -0.2) is 31.4 Å². The fourth-order valence-corrected chi connectivity index (χ4v) is 2.50. The summed E-state index contributed by atoms with van der Waals surface area (Å²) in [5, 5.41) is 8.69. The molecule has 5 heteroatoms. The lowest BCUT2D eigenvalue weighted by atomic mass is 9.92. The molecular weight excluding hydrogens is 254 g/mol. The van der Waals surface area contributed by atoms with E-state index in [1.807, 2.05) is 0 Å². The van der Waals surface area contributed by atoms with Crippen molar-refractivity contribution in [2.24, 2.45) is 5.92 Å². The first-order valence-corrected chi connectivity index (χ1v) is 6.98. The van der Waals surface area contributed by atoms with Crippen LogP contribution in [0.15, 0.2) is 24.3 Å². The van der Waals surface area contributed by atoms with Gasteiger partial charge in [0.05, 0.1) is 6.04 Å². The molecule has 1 saturated heterocycles. The van der Waals surface area contributed by atoms with E-state index in [-0.39, 0.29) is 17.9 Å². The number of carbonyl (C=O) groups excluding carboxylic acids is 2. The highest BCUT2D eigenvalue weighted by atomic mass is 16.2. The van der Waals surface area contributed by atoms with Crippen LogP contribution in [0.25, 0.3) is 0 Å². The minimum absolute atomic E-state index is 0.0359. The number of amides is 2. The van der Waals surface area contributed by atoms with Crippen molar-refractivity contribution in [3.63, 3.8) is 0 Å². The molecule has 3 N–H and O–H groups in total. The lowest BCUT2D eigenvalue weighted by Gasteiger charge is -2.28. The first-order chi connectivity index (χ1) is 9.61. The lowest BCUT2D eigenvalue weighted by molar-refractivity contribution is -0.119. The van der Waals surface area contributed by atoms with Crippen LogP contribution in [0, 0.1) is 5.92 Å². The van der Waals surface area contributed by atoms with E-state index in [2.05, 4.69) is 22.9 Å². The average molecular weight is 275 g/mol. The number of rotatable bonds is 3. The molecule has 0 radical (unpaired) electrons. The minimum atomic E-state index is -0.162. The van der Waals surface area contributed by atoms with Gasteiger partial charge in [-0.1, -0.05) is 13.0 Å². The molecule has 20 heavy (non-hydrogen) atoms. The van der Waals surface area contributed by atoms with Gasteiger partial charge in [-0.3, -0.25) is 9.59 Å². The molecule has 2 atom stereocenters. The first kappa shape index (κ1) is 14.5. The van der Waals surface area contributed by atoms with Crippen LogP contribution in [0.3, 0.4) is 0 Å². The van der Waals surface area contributed by atoms with Gasteiger partial charge in [0, 0.05) is 18.3 Å². The van der Waals surface area contributed by atoms with Gasteiger partial charge in [0.25, 0.3) is 5.91 Å². The van der Waals surface area contributed by atoms with E-state index in [9.17, 15) is 9.59 Å². The van der Waals surface area contributed by atoms with E-state index in [0.717, 1.165) is 19.4 Å². The number of anilines is 1. The lowest BCUT2D eigenvalue weighted by Crippen LogP contribution is -2.48. The second-order valence-electron chi connectivity index (χ2n) is 5.20. The second-order valence-corrected chi connectivity index (χ2v) is 5.20. The van der Waals surface area contributed by atoms with E-state index < -0.39 is 0 Å². The largest absolute Gasteiger partial charge is 0.355 e. The van der Waals surface area contributed by atoms with Crippen molar-refractivity contribution in [1.82, 2.24) is 10.6 Å². The summed E-state index contributed by atoms with van der Waals surface area (Å²) in [5.41, 5.74) is 1.19. The topological polar surface area (TPSA) is 70.2 Å². The quantitative estimate of drug-likeness (QED) is 0.780. The van der Waals surface area contributed by atoms with Crippen LogP contribution in [0.4, 0.5) is 5.69 Å². The van der Waals surface area contributed by atoms with Crippen LogP contribution in [0.2, 0.25) is 0 Å². The minimum Gasteiger partial charge on any atom is -0.355 e. The standard InChI is InChI=1S/C15H21N3O2/c1-10-5-4-8-17-13(10)15(20)18-12-7-3-6-11(9-12)14(19)16-2/h3,6-7,9-10,13,17H,4-5,8H2,1-2H3,(H,16,19)(H,18,20). The van der Waals surface area contributed by atoms with Crippen LogP contribution in [-0.2, 0) is 4.79 Å². The molecule has 1 aromatic rings. The van der Waals surface area contributed by atoms with Gasteiger partial charge in [0.15, 0.2) is 0 Å². The number of carbonyl (C=O) groups is 2. The van der Waals surface area contributed by atoms with Gasteiger partial charge in [-0.25, -0.2) is 0 Å². The summed E-state index contributed by atoms with van der Waals surface area (Å²) in [6, 6.07) is 6.79. The van der Waals surface area contributed by atoms with E-state index in [4.69, 9.17) is 0 Å². The Morgan fingerprint density at radius 1 is 1.35 bits per heavy atom. The molecule has 0 bridgehead atoms. The summed E-state index contributed by atoms with van der Waals surface area (Å²) in [6.45, 7) is 2.96. The van der Waals surface area contributed by atoms with Crippen molar-refractivity contribution in [2.75, 3.05) is 18.9 Å². The first-order valence-electron chi connectivity index (χ1n) is 6.98. The van der Waals surface area contributed by atoms with Gasteiger partial charge in [-0.2, -0.15) is 0 Å². The molecule has 2 unspecified atom stereocenters. The molecule has 108 valence electrons. The third-order valence-corrected chi connectivity index (χ3v) is 3.67. The number of hydrogen-bond donors (Lipinski definition) is 3. The summed E-state index contributed by atoms with van der Waals surface area (Å²) in [6.07, 6.45) is 2.17. The van der Waals surface area contributed by atoms with E-state index >= 15 is 0 Å². The van der Waals surface area contributed by atoms with Crippen molar-refractivity contribution >= 4 is 17.5 Å². The Labute approximate surface area is 119 Å². The highest BCUT2D eigenvalue weighted by Crippen LogP contribution is 2.18. The van der Waals surface area contributed by atoms with Crippen LogP contribution >= 0.6 is 0 Å². The predicted octanol–water partition coefficient (Wildman–Crippen LogP) is 1.37. The third-order valence-electron chi connectivity index (χ3n) is 3.67. The average Bonchev–Trinajstić information content (AvgIpc) is 2.47. The fraction of sp³-hybridized carbons (Fsp3) is 0.467. The summed E-state index contributed by atoms with van der Waals surface area (Å²) in [5.74, 6) is 0.127. The molecule has 0 saturated carbocycles. The van der Waals surface area contributed by atoms with Crippen molar-refractivity contribution in [1.29, 1.82) is 0 Å². The molecule has 1 aliphatic rings. The van der Waals surface area contributed by atoms with E-state index in [1.54, 1.807) is 31.3 Å². The Hall–Kier alpha value is -1.88. The number of piperidine rings is 1. The number of hydrogen-bond acceptors (Lipinski definition) is 3. The van der Waals surface area contributed by atoms with Gasteiger partial charge < -0.3 is 16.0 Å². The van der Waals surface area contributed by atoms with Crippen molar-refractivity contribution in [3.8, 4) is 0 Å². The van der Waals surface area contributed by atoms with Crippen LogP contribution in [0.1, 0.15) is 30.1 Å². The van der Waals surface area contributed by atoms with Crippen molar-refractivity contribution < 1.29 is 9.59 Å². The molecule has 0 spiro atoms. The highest BCUT2D eigenvalue weighted by molar-refractivity contribution is 5.98. The summed E-state index contributed by atoms with van der Waals surface area (Å²) in [4.78, 5) is 23.8. The van der Waals surface area contributed by atoms with E-state index in [0.29, 0.717) is 17.2 Å². The Balaban J connectivity index is 2.05. The van der Waals surface area contributed by atoms with Gasteiger partial charge in [0.2, 0.25) is 5.91 Å². The monoisotopic (exact) mass is 275 g/mol. The molecule has 0 aliphatic carbocycles. The smallest absolute Gasteiger partial charge is 0.251 e. The fourth-order valence-electron chi connectivity index (χ4n) is 2.50. The number of nitrogens with one attached hydrogen (secondary N) is 3. The zero-order chi connectivity index (χ0) is 14.5. The van der Waals surface area contributed by atoms with Gasteiger partial charge in [0.1, 0.15) is 0 Å². The van der Waals surface area contributed by atoms with Crippen molar-refractivity contribution in [2.45, 2.75) is 25.8 Å². The molecule has 1 fully saturated rings. The molecule has 2 amide bonds. The van der Waals surface area contributed by atoms with Gasteiger partial charge in [-0.05, 0) is 43.5 Å². The maximum absolute atomic E-state index is 12.3. The maximum atomic E-state index is 12.3. The summed E-state index contributed by atoms with van der Waals surface area (Å²) < 4.78 is 0. The zero-order valence-corrected chi connectivity index (χ0v) is 11.9. The predicted molar refractivity (Wildman–Crippen MR) is 78.7 cm³/mol. The Kier molecular flexibility index (Phi) is 4.74. The van der Waals surface area contributed by atoms with Gasteiger partial charge >= 0.3 is 0 Å². The summed E-state index contributed by atoms with van der Waals surface area (Å²) >= 11 is 0. The maximum Gasteiger partial charge on any atom is 0.251 e. The zero-order valence-electron chi connectivity index (χ0n) is 11.9. The molecule has 1 heterocycles. The Bertz CT molecular complexity index is 502. The molecule has 2 rings (SSSR count). The van der Waals surface area contributed by atoms with Crippen LogP contribution in [0.5, 0.6) is 0 Å². The molecule has 1 aromatic carbocycles. The molecule has 0 aromatic heterocycles. The summed E-state index contributed by atoms with van der Waals surface area (Å²) in [7, 11) is 1.58. The van der Waals surface area contributed by atoms with E-state index in [1.165, 1.54) is 0 Å². The molecular formula is C15H21N3O2. The third kappa shape index (κ3) is 3.36. The van der Waals surface area contributed by atoms with Crippen molar-refractivity contribution in [3.05, 3.63) is 29.8 Å². The highest BCUT2D eigenvalue weighted by Gasteiger charge is 2.27. The number of benzene rings is 1. The Morgan fingerprint density at radius 3 is 2.85 bits per heavy atom. The SMILES string of the molecule is CNC(=O)c1cccc(NC(=O)C2NCCCC2C)c1. The Morgan fingerprint density at radius 2 is 2.15 bits per heavy atom. The molecule has 5 nitrogen and oxygen atoms in total. The van der Waals surface area contributed by atoms with Gasteiger partial charge in [-0.15, -0.1) is 0 Å². The molecule has 1 aliphatic heterocycles. The normalized spacial score (nSPS) is 22.1.